The number of benzene rings is 4. The van der Waals surface area contributed by atoms with Gasteiger partial charge in [0.2, 0.25) is 0 Å². The van der Waals surface area contributed by atoms with Crippen LogP contribution in [0.5, 0.6) is 0 Å². The van der Waals surface area contributed by atoms with Gasteiger partial charge in [0.1, 0.15) is 12.2 Å². The Balaban J connectivity index is 1.34. The van der Waals surface area contributed by atoms with Crippen molar-refractivity contribution in [1.29, 1.82) is 0 Å². The summed E-state index contributed by atoms with van der Waals surface area (Å²) in [7, 11) is 0. The quantitative estimate of drug-likeness (QED) is 0.355. The van der Waals surface area contributed by atoms with E-state index in [-0.39, 0.29) is 11.9 Å². The van der Waals surface area contributed by atoms with Gasteiger partial charge in [-0.1, -0.05) is 60.7 Å². The minimum atomic E-state index is -0.390. The lowest BCUT2D eigenvalue weighted by Gasteiger charge is -2.19. The third-order valence-corrected chi connectivity index (χ3v) is 5.25. The van der Waals surface area contributed by atoms with Gasteiger partial charge in [0.05, 0.1) is 11.1 Å². The first-order chi connectivity index (χ1) is 15.0. The van der Waals surface area contributed by atoms with Crippen molar-refractivity contribution in [3.05, 3.63) is 96.1 Å². The van der Waals surface area contributed by atoms with Crippen molar-refractivity contribution in [2.75, 3.05) is 0 Å². The second-order valence-electron chi connectivity index (χ2n) is 7.79. The lowest BCUT2D eigenvalue weighted by atomic mass is 10.1. The van der Waals surface area contributed by atoms with E-state index in [4.69, 9.17) is 9.47 Å². The second kappa shape index (κ2) is 9.00. The number of carbonyl (C=O) groups excluding carboxylic acids is 2. The van der Waals surface area contributed by atoms with Crippen LogP contribution in [0.15, 0.2) is 84.9 Å². The summed E-state index contributed by atoms with van der Waals surface area (Å²) in [6, 6.07) is 26.7. The van der Waals surface area contributed by atoms with E-state index in [1.54, 1.807) is 26.0 Å². The lowest BCUT2D eigenvalue weighted by molar-refractivity contribution is 0.00765. The number of fused-ring (bicyclic) bond motifs is 2. The molecule has 0 radical (unpaired) electrons. The molecule has 0 aromatic heterocycles. The van der Waals surface area contributed by atoms with Crippen LogP contribution in [0.25, 0.3) is 21.5 Å². The fourth-order valence-electron chi connectivity index (χ4n) is 3.70. The first-order valence-corrected chi connectivity index (χ1v) is 10.4. The maximum absolute atomic E-state index is 12.5. The molecule has 4 aromatic rings. The number of hydrogen-bond acceptors (Lipinski definition) is 4. The molecule has 4 heteroatoms. The highest BCUT2D eigenvalue weighted by molar-refractivity contribution is 5.96. The predicted octanol–water partition coefficient (Wildman–Crippen LogP) is 6.17. The maximum atomic E-state index is 12.5. The van der Waals surface area contributed by atoms with Gasteiger partial charge in [0.15, 0.2) is 0 Å². The molecule has 0 saturated heterocycles. The lowest BCUT2D eigenvalue weighted by Crippen LogP contribution is -2.23. The van der Waals surface area contributed by atoms with Gasteiger partial charge in [-0.2, -0.15) is 0 Å². The minimum absolute atomic E-state index is 0.383. The largest absolute Gasteiger partial charge is 0.459 e. The van der Waals surface area contributed by atoms with Crippen LogP contribution in [-0.2, 0) is 9.47 Å². The smallest absolute Gasteiger partial charge is 0.338 e. The van der Waals surface area contributed by atoms with Crippen LogP contribution in [0, 0.1) is 0 Å². The van der Waals surface area contributed by atoms with E-state index >= 15 is 0 Å². The van der Waals surface area contributed by atoms with Crippen LogP contribution in [0.3, 0.4) is 0 Å². The van der Waals surface area contributed by atoms with E-state index < -0.39 is 12.2 Å². The molecule has 31 heavy (non-hydrogen) atoms. The molecule has 0 fully saturated rings. The Kier molecular flexibility index (Phi) is 5.99. The van der Waals surface area contributed by atoms with Gasteiger partial charge >= 0.3 is 11.9 Å². The van der Waals surface area contributed by atoms with Crippen LogP contribution in [0.1, 0.15) is 41.0 Å². The number of esters is 2. The summed E-state index contributed by atoms with van der Waals surface area (Å²) in [4.78, 5) is 25.0. The Labute approximate surface area is 181 Å². The molecule has 0 N–H and O–H groups in total. The van der Waals surface area contributed by atoms with Crippen molar-refractivity contribution in [3.8, 4) is 0 Å². The molecule has 0 aliphatic heterocycles. The zero-order valence-electron chi connectivity index (χ0n) is 17.6. The summed E-state index contributed by atoms with van der Waals surface area (Å²) in [6.07, 6.45) is -0.365. The molecule has 0 bridgehead atoms. The van der Waals surface area contributed by atoms with Gasteiger partial charge in [-0.25, -0.2) is 9.59 Å². The minimum Gasteiger partial charge on any atom is -0.459 e. The molecule has 2 atom stereocenters. The van der Waals surface area contributed by atoms with E-state index in [1.165, 1.54) is 0 Å². The molecular formula is C27H24O4. The van der Waals surface area contributed by atoms with Crippen molar-refractivity contribution < 1.29 is 19.1 Å². The van der Waals surface area contributed by atoms with Crippen molar-refractivity contribution >= 4 is 33.5 Å². The normalized spacial score (nSPS) is 13.0. The van der Waals surface area contributed by atoms with E-state index in [1.807, 2.05) is 72.8 Å². The Morgan fingerprint density at radius 2 is 1.00 bits per heavy atom. The predicted molar refractivity (Wildman–Crippen MR) is 122 cm³/mol. The number of carbonyl (C=O) groups is 2. The Morgan fingerprint density at radius 3 is 1.42 bits per heavy atom. The first-order valence-electron chi connectivity index (χ1n) is 10.4. The standard InChI is InChI=1S/C27H24O4/c1-18(30-26(28)24-13-11-20-7-3-5-9-22(20)16-24)15-19(2)31-27(29)25-14-12-21-8-4-6-10-23(21)17-25/h3-14,16-19H,15H2,1-2H3. The summed E-state index contributed by atoms with van der Waals surface area (Å²) in [5.74, 6) is -0.766. The molecule has 0 aliphatic rings. The SMILES string of the molecule is CC(CC(C)OC(=O)c1ccc2ccccc2c1)OC(=O)c1ccc2ccccc2c1. The van der Waals surface area contributed by atoms with Gasteiger partial charge in [0.25, 0.3) is 0 Å². The van der Waals surface area contributed by atoms with Crippen molar-refractivity contribution in [3.63, 3.8) is 0 Å². The molecule has 0 aliphatic carbocycles. The van der Waals surface area contributed by atoms with E-state index in [9.17, 15) is 9.59 Å². The van der Waals surface area contributed by atoms with Crippen LogP contribution >= 0.6 is 0 Å². The third kappa shape index (κ3) is 4.92. The highest BCUT2D eigenvalue weighted by Crippen LogP contribution is 2.19. The Hall–Kier alpha value is -3.66. The Bertz CT molecular complexity index is 1150. The van der Waals surface area contributed by atoms with E-state index in [0.717, 1.165) is 21.5 Å². The molecule has 0 heterocycles. The third-order valence-electron chi connectivity index (χ3n) is 5.25. The summed E-state index contributed by atoms with van der Waals surface area (Å²) in [6.45, 7) is 3.61. The molecule has 4 rings (SSSR count). The molecular weight excluding hydrogens is 388 g/mol. The van der Waals surface area contributed by atoms with Gasteiger partial charge in [-0.05, 0) is 59.7 Å². The average molecular weight is 412 g/mol. The van der Waals surface area contributed by atoms with E-state index in [2.05, 4.69) is 0 Å². The average Bonchev–Trinajstić information content (AvgIpc) is 2.78. The van der Waals surface area contributed by atoms with Gasteiger partial charge in [-0.15, -0.1) is 0 Å². The van der Waals surface area contributed by atoms with E-state index in [0.29, 0.717) is 17.5 Å². The molecule has 0 amide bonds. The summed E-state index contributed by atoms with van der Waals surface area (Å²) < 4.78 is 11.1. The molecule has 156 valence electrons. The topological polar surface area (TPSA) is 52.6 Å². The monoisotopic (exact) mass is 412 g/mol. The zero-order valence-corrected chi connectivity index (χ0v) is 17.6. The highest BCUT2D eigenvalue weighted by Gasteiger charge is 2.19. The number of ether oxygens (including phenoxy) is 2. The molecule has 4 aromatic carbocycles. The summed E-state index contributed by atoms with van der Waals surface area (Å²) >= 11 is 0. The molecule has 0 spiro atoms. The van der Waals surface area contributed by atoms with Crippen LogP contribution in [-0.4, -0.2) is 24.1 Å². The van der Waals surface area contributed by atoms with Crippen LogP contribution in [0.2, 0.25) is 0 Å². The zero-order chi connectivity index (χ0) is 21.8. The number of rotatable bonds is 6. The molecule has 2 unspecified atom stereocenters. The Morgan fingerprint density at radius 1 is 0.613 bits per heavy atom. The van der Waals surface area contributed by atoms with Gasteiger partial charge in [0, 0.05) is 6.42 Å². The van der Waals surface area contributed by atoms with Crippen molar-refractivity contribution in [1.82, 2.24) is 0 Å². The maximum Gasteiger partial charge on any atom is 0.338 e. The number of hydrogen-bond donors (Lipinski definition) is 0. The van der Waals surface area contributed by atoms with Gasteiger partial charge < -0.3 is 9.47 Å². The van der Waals surface area contributed by atoms with Crippen LogP contribution < -0.4 is 0 Å². The summed E-state index contributed by atoms with van der Waals surface area (Å²) in [5.41, 5.74) is 1.01. The van der Waals surface area contributed by atoms with Crippen molar-refractivity contribution in [2.24, 2.45) is 0 Å². The van der Waals surface area contributed by atoms with Crippen molar-refractivity contribution in [2.45, 2.75) is 32.5 Å². The molecule has 0 saturated carbocycles. The summed E-state index contributed by atoms with van der Waals surface area (Å²) in [5, 5.41) is 4.12. The highest BCUT2D eigenvalue weighted by atomic mass is 16.6. The van der Waals surface area contributed by atoms with Crippen LogP contribution in [0.4, 0.5) is 0 Å². The first kappa shape index (κ1) is 20.6. The molecule has 4 nitrogen and oxygen atoms in total. The fourth-order valence-corrected chi connectivity index (χ4v) is 3.70. The van der Waals surface area contributed by atoms with Gasteiger partial charge in [-0.3, -0.25) is 0 Å². The fraction of sp³-hybridized carbons (Fsp3) is 0.185. The second-order valence-corrected chi connectivity index (χ2v) is 7.79.